The van der Waals surface area contributed by atoms with Crippen LogP contribution in [0, 0.1) is 0 Å². The number of alkyl halides is 3. The number of hydrogen-bond donors (Lipinski definition) is 2. The molecule has 0 aliphatic rings. The normalized spacial score (nSPS) is 11.8. The van der Waals surface area contributed by atoms with Gasteiger partial charge in [0.2, 0.25) is 5.89 Å². The maximum atomic E-state index is 13.2. The molecule has 0 fully saturated rings. The molecule has 0 aliphatic heterocycles. The summed E-state index contributed by atoms with van der Waals surface area (Å²) in [5.41, 5.74) is 6.07. The van der Waals surface area contributed by atoms with Gasteiger partial charge in [0.15, 0.2) is 17.0 Å². The molecule has 5 rings (SSSR count). The number of fused-ring (bicyclic) bond motifs is 2. The van der Waals surface area contributed by atoms with E-state index in [1.165, 1.54) is 19.2 Å². The molecule has 0 saturated carbocycles. The van der Waals surface area contributed by atoms with Gasteiger partial charge in [-0.3, -0.25) is 4.79 Å². The molecule has 12 heteroatoms. The Labute approximate surface area is 201 Å². The Balaban J connectivity index is 1.49. The molecule has 0 aliphatic carbocycles. The second kappa shape index (κ2) is 8.96. The summed E-state index contributed by atoms with van der Waals surface area (Å²) in [4.78, 5) is 20.9. The number of benzene rings is 2. The number of ether oxygens (including phenoxy) is 1. The van der Waals surface area contributed by atoms with Crippen molar-refractivity contribution >= 4 is 27.8 Å². The van der Waals surface area contributed by atoms with Crippen molar-refractivity contribution in [3.63, 3.8) is 0 Å². The number of oxazole rings is 1. The molecular weight excluding hydrogens is 479 g/mol. The largest absolute Gasteiger partial charge is 0.494 e. The molecule has 0 atom stereocenters. The van der Waals surface area contributed by atoms with Gasteiger partial charge in [-0.15, -0.1) is 0 Å². The second-order valence-electron chi connectivity index (χ2n) is 7.71. The number of methoxy groups -OCH3 is 1. The zero-order chi connectivity index (χ0) is 25.4. The molecule has 0 saturated heterocycles. The Kier molecular flexibility index (Phi) is 5.80. The number of nitrogens with two attached hydrogens (primary N) is 1. The van der Waals surface area contributed by atoms with Crippen molar-refractivity contribution < 1.29 is 31.6 Å². The number of nitrogens with one attached hydrogen (secondary N) is 1. The fourth-order valence-corrected chi connectivity index (χ4v) is 3.80. The first-order valence-corrected chi connectivity index (χ1v) is 10.7. The summed E-state index contributed by atoms with van der Waals surface area (Å²) >= 11 is 0. The zero-order valence-electron chi connectivity index (χ0n) is 18.7. The highest BCUT2D eigenvalue weighted by atomic mass is 19.4. The van der Waals surface area contributed by atoms with Crippen LogP contribution in [-0.2, 0) is 19.3 Å². The lowest BCUT2D eigenvalue weighted by Crippen LogP contribution is -2.25. The van der Waals surface area contributed by atoms with E-state index in [9.17, 15) is 18.0 Å². The fraction of sp³-hybridized carbons (Fsp3) is 0.167. The van der Waals surface area contributed by atoms with Crippen LogP contribution in [0.25, 0.3) is 33.3 Å². The fourth-order valence-electron chi connectivity index (χ4n) is 3.80. The number of carbonyl (C=O) groups is 1. The van der Waals surface area contributed by atoms with Crippen molar-refractivity contribution in [2.45, 2.75) is 19.3 Å². The third kappa shape index (κ3) is 4.11. The number of aromatic nitrogens is 3. The summed E-state index contributed by atoms with van der Waals surface area (Å²) in [7, 11) is 1.33. The van der Waals surface area contributed by atoms with Crippen molar-refractivity contribution in [1.29, 1.82) is 0 Å². The summed E-state index contributed by atoms with van der Waals surface area (Å²) in [5.74, 6) is -0.311. The highest BCUT2D eigenvalue weighted by molar-refractivity contribution is 5.98. The molecule has 0 unspecified atom stereocenters. The Morgan fingerprint density at radius 2 is 1.89 bits per heavy atom. The summed E-state index contributed by atoms with van der Waals surface area (Å²) in [6.45, 7) is -0.0646. The van der Waals surface area contributed by atoms with Crippen molar-refractivity contribution in [3.8, 4) is 17.2 Å². The van der Waals surface area contributed by atoms with E-state index < -0.39 is 17.8 Å². The van der Waals surface area contributed by atoms with E-state index in [1.807, 2.05) is 18.2 Å². The highest BCUT2D eigenvalue weighted by Crippen LogP contribution is 2.37. The monoisotopic (exact) mass is 497 g/mol. The van der Waals surface area contributed by atoms with Crippen LogP contribution < -0.4 is 15.8 Å². The zero-order valence-corrected chi connectivity index (χ0v) is 18.7. The minimum absolute atomic E-state index is 0.00157. The van der Waals surface area contributed by atoms with Gasteiger partial charge in [0.25, 0.3) is 5.91 Å². The van der Waals surface area contributed by atoms with Crippen molar-refractivity contribution in [1.82, 2.24) is 20.4 Å². The number of hydrogen-bond acceptors (Lipinski definition) is 8. The Bertz CT molecular complexity index is 1590. The lowest BCUT2D eigenvalue weighted by atomic mass is 10.1. The smallest absolute Gasteiger partial charge is 0.433 e. The van der Waals surface area contributed by atoms with E-state index in [1.54, 1.807) is 12.1 Å². The predicted molar refractivity (Wildman–Crippen MR) is 122 cm³/mol. The van der Waals surface area contributed by atoms with E-state index in [0.29, 0.717) is 22.2 Å². The maximum Gasteiger partial charge on any atom is 0.433 e. The van der Waals surface area contributed by atoms with E-state index in [4.69, 9.17) is 19.4 Å². The molecule has 9 nitrogen and oxygen atoms in total. The SMILES string of the molecule is COc1ccc(-c2nc(C(=O)NCc3noc4ccccc34)c(CN)o2)c2ccc(C(F)(F)F)nc12. The highest BCUT2D eigenvalue weighted by Gasteiger charge is 2.33. The molecule has 5 aromatic rings. The van der Waals surface area contributed by atoms with Crippen LogP contribution >= 0.6 is 0 Å². The molecule has 1 amide bonds. The molecular formula is C24H18F3N5O4. The van der Waals surface area contributed by atoms with E-state index in [0.717, 1.165) is 11.5 Å². The van der Waals surface area contributed by atoms with Crippen LogP contribution in [0.1, 0.15) is 27.6 Å². The van der Waals surface area contributed by atoms with E-state index in [2.05, 4.69) is 20.4 Å². The Morgan fingerprint density at radius 1 is 1.08 bits per heavy atom. The third-order valence-electron chi connectivity index (χ3n) is 5.53. The molecule has 0 spiro atoms. The number of amides is 1. The Morgan fingerprint density at radius 3 is 2.64 bits per heavy atom. The van der Waals surface area contributed by atoms with Crippen LogP contribution in [0.5, 0.6) is 5.75 Å². The van der Waals surface area contributed by atoms with E-state index in [-0.39, 0.29) is 41.7 Å². The van der Waals surface area contributed by atoms with Gasteiger partial charge in [0.05, 0.1) is 20.2 Å². The van der Waals surface area contributed by atoms with Crippen molar-refractivity contribution in [2.75, 3.05) is 7.11 Å². The van der Waals surface area contributed by atoms with Crippen LogP contribution in [0.15, 0.2) is 57.5 Å². The quantitative estimate of drug-likeness (QED) is 0.352. The topological polar surface area (TPSA) is 129 Å². The molecule has 36 heavy (non-hydrogen) atoms. The van der Waals surface area contributed by atoms with Crippen LogP contribution in [0.4, 0.5) is 13.2 Å². The summed E-state index contributed by atoms with van der Waals surface area (Å²) in [6.07, 6.45) is -4.63. The van der Waals surface area contributed by atoms with Crippen LogP contribution in [0.3, 0.4) is 0 Å². The molecule has 3 heterocycles. The van der Waals surface area contributed by atoms with Crippen molar-refractivity contribution in [3.05, 3.63) is 71.4 Å². The van der Waals surface area contributed by atoms with Gasteiger partial charge in [0.1, 0.15) is 22.7 Å². The van der Waals surface area contributed by atoms with Gasteiger partial charge in [-0.2, -0.15) is 13.2 Å². The first-order valence-electron chi connectivity index (χ1n) is 10.7. The van der Waals surface area contributed by atoms with Gasteiger partial charge in [0, 0.05) is 16.3 Å². The average molecular weight is 497 g/mol. The maximum absolute atomic E-state index is 13.2. The van der Waals surface area contributed by atoms with Gasteiger partial charge in [-0.05, 0) is 36.4 Å². The first kappa shape index (κ1) is 23.3. The molecule has 184 valence electrons. The van der Waals surface area contributed by atoms with Gasteiger partial charge < -0.3 is 24.7 Å². The summed E-state index contributed by atoms with van der Waals surface area (Å²) < 4.78 is 55.8. The van der Waals surface area contributed by atoms with Gasteiger partial charge in [-0.25, -0.2) is 9.97 Å². The lowest BCUT2D eigenvalue weighted by molar-refractivity contribution is -0.140. The van der Waals surface area contributed by atoms with Gasteiger partial charge in [-0.1, -0.05) is 17.3 Å². The third-order valence-corrected chi connectivity index (χ3v) is 5.53. The van der Waals surface area contributed by atoms with Crippen molar-refractivity contribution in [2.24, 2.45) is 5.73 Å². The van der Waals surface area contributed by atoms with Gasteiger partial charge >= 0.3 is 6.18 Å². The summed E-state index contributed by atoms with van der Waals surface area (Å²) in [5, 5.41) is 7.75. The number of carbonyl (C=O) groups excluding carboxylic acids is 1. The second-order valence-corrected chi connectivity index (χ2v) is 7.71. The number of para-hydroxylation sites is 1. The molecule has 0 bridgehead atoms. The number of nitrogens with zero attached hydrogens (tertiary/aromatic N) is 3. The number of pyridine rings is 1. The average Bonchev–Trinajstić information content (AvgIpc) is 3.50. The molecule has 3 N–H and O–H groups in total. The number of rotatable bonds is 6. The van der Waals surface area contributed by atoms with E-state index >= 15 is 0 Å². The first-order chi connectivity index (χ1) is 17.3. The Hall–Kier alpha value is -4.45. The predicted octanol–water partition coefficient (Wildman–Crippen LogP) is 4.45. The number of halogens is 3. The lowest BCUT2D eigenvalue weighted by Gasteiger charge is -2.11. The molecule has 0 radical (unpaired) electrons. The molecule has 3 aromatic heterocycles. The minimum Gasteiger partial charge on any atom is -0.494 e. The van der Waals surface area contributed by atoms with Crippen LogP contribution in [0.2, 0.25) is 0 Å². The standard InChI is InChI=1S/C24H18F3N5O4/c1-34-17-8-6-13(12-7-9-19(24(25,26)27)30-20(12)17)23-31-21(18(10-28)35-23)22(33)29-11-15-14-4-2-3-5-16(14)36-32-15/h2-9H,10-11,28H2,1H3,(H,29,33). The summed E-state index contributed by atoms with van der Waals surface area (Å²) in [6, 6.07) is 12.3. The molecule has 2 aromatic carbocycles. The minimum atomic E-state index is -4.63. The van der Waals surface area contributed by atoms with Crippen LogP contribution in [-0.4, -0.2) is 28.1 Å².